The molecule has 1 saturated heterocycles. The summed E-state index contributed by atoms with van der Waals surface area (Å²) >= 11 is 0. The van der Waals surface area contributed by atoms with Crippen LogP contribution in [0.5, 0.6) is 5.75 Å². The van der Waals surface area contributed by atoms with Gasteiger partial charge >= 0.3 is 5.97 Å². The number of esters is 1. The summed E-state index contributed by atoms with van der Waals surface area (Å²) in [6.07, 6.45) is 3.65. The third-order valence-electron chi connectivity index (χ3n) is 5.04. The van der Waals surface area contributed by atoms with Crippen LogP contribution in [0.1, 0.15) is 49.9 Å². The zero-order valence-electron chi connectivity index (χ0n) is 17.3. The second kappa shape index (κ2) is 10.6. The van der Waals surface area contributed by atoms with Gasteiger partial charge in [-0.15, -0.1) is 0 Å². The predicted octanol–water partition coefficient (Wildman–Crippen LogP) is 2.29. The molecule has 1 amide bonds. The smallest absolute Gasteiger partial charge is 0.342 e. The lowest BCUT2D eigenvalue weighted by Crippen LogP contribution is -2.34. The molecule has 1 aliphatic rings. The summed E-state index contributed by atoms with van der Waals surface area (Å²) in [4.78, 5) is 26.2. The number of nitrogens with zero attached hydrogens (tertiary/aromatic N) is 2. The Bertz CT molecular complexity index is 812. The summed E-state index contributed by atoms with van der Waals surface area (Å²) in [6, 6.07) is 4.13. The molecular formula is C20H30N2O6S. The van der Waals surface area contributed by atoms with E-state index in [9.17, 15) is 18.0 Å². The Kier molecular flexibility index (Phi) is 8.45. The number of benzene rings is 1. The molecule has 9 heteroatoms. The van der Waals surface area contributed by atoms with Crippen molar-refractivity contribution in [2.24, 2.45) is 0 Å². The fraction of sp³-hybridized carbons (Fsp3) is 0.600. The van der Waals surface area contributed by atoms with Crippen molar-refractivity contribution in [3.63, 3.8) is 0 Å². The number of likely N-dealkylation sites (N-methyl/N-ethyl adjacent to an activating group) is 1. The summed E-state index contributed by atoms with van der Waals surface area (Å²) in [6.45, 7) is 5.22. The molecule has 1 aliphatic heterocycles. The molecule has 2 rings (SSSR count). The first kappa shape index (κ1) is 23.2. The van der Waals surface area contributed by atoms with E-state index in [4.69, 9.17) is 9.47 Å². The molecule has 29 heavy (non-hydrogen) atoms. The van der Waals surface area contributed by atoms with Crippen LogP contribution in [0.15, 0.2) is 23.1 Å². The molecule has 0 atom stereocenters. The summed E-state index contributed by atoms with van der Waals surface area (Å²) in [5.41, 5.74) is -0.0178. The van der Waals surface area contributed by atoms with E-state index in [1.165, 1.54) is 29.6 Å². The number of methoxy groups -OCH3 is 1. The van der Waals surface area contributed by atoms with E-state index in [-0.39, 0.29) is 22.1 Å². The van der Waals surface area contributed by atoms with Crippen LogP contribution in [0.3, 0.4) is 0 Å². The zero-order valence-corrected chi connectivity index (χ0v) is 18.2. The molecular weight excluding hydrogens is 396 g/mol. The van der Waals surface area contributed by atoms with E-state index in [0.717, 1.165) is 25.7 Å². The van der Waals surface area contributed by atoms with Gasteiger partial charge in [-0.1, -0.05) is 12.8 Å². The SMILES string of the molecule is CCN(CC)C(=O)COC(=O)c1cc(S(=O)(=O)N2CCCCCC2)ccc1OC. The lowest BCUT2D eigenvalue weighted by molar-refractivity contribution is -0.134. The van der Waals surface area contributed by atoms with Crippen molar-refractivity contribution in [1.29, 1.82) is 0 Å². The predicted molar refractivity (Wildman–Crippen MR) is 108 cm³/mol. The molecule has 162 valence electrons. The molecule has 0 N–H and O–H groups in total. The maximum Gasteiger partial charge on any atom is 0.342 e. The molecule has 0 saturated carbocycles. The van der Waals surface area contributed by atoms with E-state index < -0.39 is 22.6 Å². The monoisotopic (exact) mass is 426 g/mol. The van der Waals surface area contributed by atoms with Crippen molar-refractivity contribution in [2.45, 2.75) is 44.4 Å². The number of hydrogen-bond acceptors (Lipinski definition) is 6. The molecule has 0 aliphatic carbocycles. The highest BCUT2D eigenvalue weighted by atomic mass is 32.2. The Morgan fingerprint density at radius 2 is 1.69 bits per heavy atom. The third kappa shape index (κ3) is 5.70. The van der Waals surface area contributed by atoms with Gasteiger partial charge in [0.1, 0.15) is 11.3 Å². The third-order valence-corrected chi connectivity index (χ3v) is 6.93. The fourth-order valence-electron chi connectivity index (χ4n) is 3.31. The second-order valence-corrected chi connectivity index (χ2v) is 8.76. The minimum Gasteiger partial charge on any atom is -0.496 e. The van der Waals surface area contributed by atoms with Crippen LogP contribution in [0.4, 0.5) is 0 Å². The van der Waals surface area contributed by atoms with Gasteiger partial charge in [0.25, 0.3) is 5.91 Å². The van der Waals surface area contributed by atoms with Gasteiger partial charge in [0, 0.05) is 26.2 Å². The van der Waals surface area contributed by atoms with Crippen LogP contribution in [0.2, 0.25) is 0 Å². The Labute approximate surface area is 172 Å². The molecule has 1 heterocycles. The molecule has 0 spiro atoms. The van der Waals surface area contributed by atoms with E-state index >= 15 is 0 Å². The number of ether oxygens (including phenoxy) is 2. The molecule has 0 bridgehead atoms. The maximum absolute atomic E-state index is 13.0. The average Bonchev–Trinajstić information content (AvgIpc) is 3.02. The molecule has 0 unspecified atom stereocenters. The van der Waals surface area contributed by atoms with Crippen LogP contribution < -0.4 is 4.74 Å². The Balaban J connectivity index is 2.23. The van der Waals surface area contributed by atoms with Gasteiger partial charge in [-0.2, -0.15) is 4.31 Å². The van der Waals surface area contributed by atoms with Gasteiger partial charge in [-0.25, -0.2) is 13.2 Å². The van der Waals surface area contributed by atoms with E-state index in [1.54, 1.807) is 4.90 Å². The maximum atomic E-state index is 13.0. The number of hydrogen-bond donors (Lipinski definition) is 0. The summed E-state index contributed by atoms with van der Waals surface area (Å²) < 4.78 is 37.8. The van der Waals surface area contributed by atoms with Crippen LogP contribution in [-0.2, 0) is 19.6 Å². The van der Waals surface area contributed by atoms with Crippen molar-refractivity contribution in [2.75, 3.05) is 39.9 Å². The first-order valence-corrected chi connectivity index (χ1v) is 11.4. The minimum atomic E-state index is -3.72. The number of rotatable bonds is 8. The number of amides is 1. The van der Waals surface area contributed by atoms with Gasteiger partial charge < -0.3 is 14.4 Å². The topological polar surface area (TPSA) is 93.2 Å². The first-order valence-electron chi connectivity index (χ1n) is 9.98. The number of carbonyl (C=O) groups excluding carboxylic acids is 2. The summed E-state index contributed by atoms with van der Waals surface area (Å²) in [5, 5.41) is 0. The lowest BCUT2D eigenvalue weighted by atomic mass is 10.2. The van der Waals surface area contributed by atoms with Crippen LogP contribution in [0.25, 0.3) is 0 Å². The molecule has 1 aromatic rings. The Morgan fingerprint density at radius 3 is 2.24 bits per heavy atom. The summed E-state index contributed by atoms with van der Waals surface area (Å²) in [7, 11) is -2.34. The van der Waals surface area contributed by atoms with Crippen molar-refractivity contribution in [3.8, 4) is 5.75 Å². The van der Waals surface area contributed by atoms with Crippen LogP contribution in [0, 0.1) is 0 Å². The Hall–Kier alpha value is -2.13. The van der Waals surface area contributed by atoms with E-state index in [2.05, 4.69) is 0 Å². The highest BCUT2D eigenvalue weighted by molar-refractivity contribution is 7.89. The molecule has 0 aromatic heterocycles. The quantitative estimate of drug-likeness (QED) is 0.592. The van der Waals surface area contributed by atoms with Gasteiger partial charge in [0.15, 0.2) is 6.61 Å². The Morgan fingerprint density at radius 1 is 1.07 bits per heavy atom. The molecule has 1 fully saturated rings. The van der Waals surface area contributed by atoms with Crippen molar-refractivity contribution in [3.05, 3.63) is 23.8 Å². The van der Waals surface area contributed by atoms with E-state index in [0.29, 0.717) is 26.2 Å². The second-order valence-electron chi connectivity index (χ2n) is 6.82. The van der Waals surface area contributed by atoms with Gasteiger partial charge in [-0.3, -0.25) is 4.79 Å². The average molecular weight is 427 g/mol. The van der Waals surface area contributed by atoms with Crippen LogP contribution >= 0.6 is 0 Å². The van der Waals surface area contributed by atoms with Crippen molar-refractivity contribution < 1.29 is 27.5 Å². The summed E-state index contributed by atoms with van der Waals surface area (Å²) in [5.74, 6) is -0.911. The minimum absolute atomic E-state index is 0.0159. The van der Waals surface area contributed by atoms with Crippen molar-refractivity contribution in [1.82, 2.24) is 9.21 Å². The molecule has 1 aromatic carbocycles. The van der Waals surface area contributed by atoms with Gasteiger partial charge in [-0.05, 0) is 44.9 Å². The standard InChI is InChI=1S/C20H30N2O6S/c1-4-21(5-2)19(23)15-28-20(24)17-14-16(10-11-18(17)27-3)29(25,26)22-12-8-6-7-9-13-22/h10-11,14H,4-9,12-13,15H2,1-3H3. The zero-order chi connectivity index (χ0) is 21.4. The normalized spacial score (nSPS) is 15.4. The first-order chi connectivity index (χ1) is 13.8. The van der Waals surface area contributed by atoms with Gasteiger partial charge in [0.05, 0.1) is 12.0 Å². The van der Waals surface area contributed by atoms with Crippen molar-refractivity contribution >= 4 is 21.9 Å². The fourth-order valence-corrected chi connectivity index (χ4v) is 4.85. The van der Waals surface area contributed by atoms with Crippen LogP contribution in [-0.4, -0.2) is 69.4 Å². The highest BCUT2D eigenvalue weighted by Gasteiger charge is 2.27. The largest absolute Gasteiger partial charge is 0.496 e. The number of sulfonamides is 1. The lowest BCUT2D eigenvalue weighted by Gasteiger charge is -2.21. The highest BCUT2D eigenvalue weighted by Crippen LogP contribution is 2.26. The number of carbonyl (C=O) groups is 2. The molecule has 0 radical (unpaired) electrons. The molecule has 8 nitrogen and oxygen atoms in total. The van der Waals surface area contributed by atoms with Gasteiger partial charge in [0.2, 0.25) is 10.0 Å². The van der Waals surface area contributed by atoms with E-state index in [1.807, 2.05) is 13.8 Å².